The van der Waals surface area contributed by atoms with Crippen LogP contribution in [0, 0.1) is 0 Å². The Morgan fingerprint density at radius 2 is 2.18 bits per heavy atom. The standard InChI is InChI=1S/C15H14N4O2S/c20-13(16-7-5-11-3-2-8-22-11)9-19-10-18-14-12(15(19)21)4-1-6-17-14/h1-4,6,8,10H,5,7,9H2,(H,16,20). The van der Waals surface area contributed by atoms with E-state index in [1.54, 1.807) is 29.7 Å². The van der Waals surface area contributed by atoms with Gasteiger partial charge in [0, 0.05) is 17.6 Å². The highest BCUT2D eigenvalue weighted by molar-refractivity contribution is 7.09. The lowest BCUT2D eigenvalue weighted by Gasteiger charge is -2.07. The van der Waals surface area contributed by atoms with E-state index in [1.807, 2.05) is 17.5 Å². The first kappa shape index (κ1) is 14.4. The molecule has 22 heavy (non-hydrogen) atoms. The van der Waals surface area contributed by atoms with Crippen LogP contribution in [0.1, 0.15) is 4.88 Å². The van der Waals surface area contributed by atoms with E-state index in [1.165, 1.54) is 15.8 Å². The number of carbonyl (C=O) groups excluding carboxylic acids is 1. The van der Waals surface area contributed by atoms with E-state index in [0.717, 1.165) is 6.42 Å². The fourth-order valence-corrected chi connectivity index (χ4v) is 2.81. The van der Waals surface area contributed by atoms with Crippen molar-refractivity contribution in [1.29, 1.82) is 0 Å². The molecule has 6 nitrogen and oxygen atoms in total. The molecule has 0 spiro atoms. The maximum Gasteiger partial charge on any atom is 0.263 e. The van der Waals surface area contributed by atoms with Crippen molar-refractivity contribution in [3.63, 3.8) is 0 Å². The minimum absolute atomic E-state index is 0.0406. The third-order valence-electron chi connectivity index (χ3n) is 3.18. The fourth-order valence-electron chi connectivity index (χ4n) is 2.10. The molecule has 0 atom stereocenters. The van der Waals surface area contributed by atoms with Crippen LogP contribution in [0.3, 0.4) is 0 Å². The lowest BCUT2D eigenvalue weighted by Crippen LogP contribution is -2.33. The molecule has 7 heteroatoms. The van der Waals surface area contributed by atoms with Gasteiger partial charge in [-0.2, -0.15) is 0 Å². The molecule has 1 N–H and O–H groups in total. The van der Waals surface area contributed by atoms with Crippen LogP contribution in [0.5, 0.6) is 0 Å². The minimum Gasteiger partial charge on any atom is -0.354 e. The van der Waals surface area contributed by atoms with Gasteiger partial charge in [0.25, 0.3) is 5.56 Å². The minimum atomic E-state index is -0.258. The molecule has 3 heterocycles. The quantitative estimate of drug-likeness (QED) is 0.768. The molecule has 0 aromatic carbocycles. The number of rotatable bonds is 5. The second-order valence-corrected chi connectivity index (χ2v) is 5.76. The van der Waals surface area contributed by atoms with Crippen LogP contribution in [-0.2, 0) is 17.8 Å². The first-order valence-corrected chi connectivity index (χ1v) is 7.71. The zero-order valence-corrected chi connectivity index (χ0v) is 12.5. The molecule has 0 unspecified atom stereocenters. The summed E-state index contributed by atoms with van der Waals surface area (Å²) < 4.78 is 1.30. The number of amides is 1. The summed E-state index contributed by atoms with van der Waals surface area (Å²) in [6.45, 7) is 0.512. The Hall–Kier alpha value is -2.54. The van der Waals surface area contributed by atoms with E-state index in [4.69, 9.17) is 0 Å². The van der Waals surface area contributed by atoms with E-state index < -0.39 is 0 Å². The van der Waals surface area contributed by atoms with Gasteiger partial charge >= 0.3 is 0 Å². The van der Waals surface area contributed by atoms with E-state index >= 15 is 0 Å². The zero-order valence-electron chi connectivity index (χ0n) is 11.7. The Labute approximate surface area is 130 Å². The molecule has 0 aliphatic heterocycles. The molecule has 3 aromatic heterocycles. The number of nitrogens with zero attached hydrogens (tertiary/aromatic N) is 3. The Kier molecular flexibility index (Phi) is 4.24. The maximum absolute atomic E-state index is 12.2. The highest BCUT2D eigenvalue weighted by Gasteiger charge is 2.08. The highest BCUT2D eigenvalue weighted by Crippen LogP contribution is 2.08. The fraction of sp³-hybridized carbons (Fsp3) is 0.200. The van der Waals surface area contributed by atoms with E-state index in [-0.39, 0.29) is 18.0 Å². The van der Waals surface area contributed by atoms with Gasteiger partial charge in [0.05, 0.1) is 5.39 Å². The molecule has 0 bridgehead atoms. The predicted molar refractivity (Wildman–Crippen MR) is 84.8 cm³/mol. The van der Waals surface area contributed by atoms with Crippen molar-refractivity contribution >= 4 is 28.3 Å². The smallest absolute Gasteiger partial charge is 0.263 e. The first-order chi connectivity index (χ1) is 10.7. The molecule has 3 rings (SSSR count). The lowest BCUT2D eigenvalue weighted by molar-refractivity contribution is -0.121. The summed E-state index contributed by atoms with van der Waals surface area (Å²) in [5, 5.41) is 5.23. The van der Waals surface area contributed by atoms with Gasteiger partial charge in [-0.3, -0.25) is 14.2 Å². The summed E-state index contributed by atoms with van der Waals surface area (Å²) in [7, 11) is 0. The Morgan fingerprint density at radius 1 is 1.27 bits per heavy atom. The van der Waals surface area contributed by atoms with Gasteiger partial charge in [-0.15, -0.1) is 11.3 Å². The van der Waals surface area contributed by atoms with E-state index in [0.29, 0.717) is 17.6 Å². The summed E-state index contributed by atoms with van der Waals surface area (Å²) in [6.07, 6.45) is 3.73. The normalized spacial score (nSPS) is 10.7. The molecule has 0 saturated heterocycles. The molecular weight excluding hydrogens is 300 g/mol. The number of thiophene rings is 1. The largest absolute Gasteiger partial charge is 0.354 e. The Balaban J connectivity index is 1.64. The van der Waals surface area contributed by atoms with Crippen LogP contribution in [-0.4, -0.2) is 27.0 Å². The van der Waals surface area contributed by atoms with Gasteiger partial charge in [0.1, 0.15) is 12.9 Å². The molecular formula is C15H14N4O2S. The number of hydrogen-bond acceptors (Lipinski definition) is 5. The average molecular weight is 314 g/mol. The second kappa shape index (κ2) is 6.48. The number of pyridine rings is 1. The molecule has 0 radical (unpaired) electrons. The summed E-state index contributed by atoms with van der Waals surface area (Å²) in [4.78, 5) is 33.5. The summed E-state index contributed by atoms with van der Waals surface area (Å²) in [6, 6.07) is 7.34. The van der Waals surface area contributed by atoms with E-state index in [9.17, 15) is 9.59 Å². The number of fused-ring (bicyclic) bond motifs is 1. The van der Waals surface area contributed by atoms with Crippen LogP contribution >= 0.6 is 11.3 Å². The van der Waals surface area contributed by atoms with Gasteiger partial charge in [-0.25, -0.2) is 9.97 Å². The maximum atomic E-state index is 12.2. The molecule has 1 amide bonds. The van der Waals surface area contributed by atoms with Crippen LogP contribution in [0.2, 0.25) is 0 Å². The Bertz CT molecular complexity index is 842. The molecule has 0 aliphatic carbocycles. The SMILES string of the molecule is O=C(Cn1cnc2ncccc2c1=O)NCCc1cccs1. The van der Waals surface area contributed by atoms with Gasteiger partial charge < -0.3 is 5.32 Å². The van der Waals surface area contributed by atoms with Crippen LogP contribution in [0.4, 0.5) is 0 Å². The topological polar surface area (TPSA) is 76.9 Å². The van der Waals surface area contributed by atoms with Crippen molar-refractivity contribution in [2.24, 2.45) is 0 Å². The van der Waals surface area contributed by atoms with Gasteiger partial charge in [0.15, 0.2) is 5.65 Å². The highest BCUT2D eigenvalue weighted by atomic mass is 32.1. The van der Waals surface area contributed by atoms with Crippen LogP contribution < -0.4 is 10.9 Å². The average Bonchev–Trinajstić information content (AvgIpc) is 3.04. The number of nitrogens with one attached hydrogen (secondary N) is 1. The molecule has 112 valence electrons. The van der Waals surface area contributed by atoms with Crippen molar-refractivity contribution in [3.05, 3.63) is 57.4 Å². The number of aromatic nitrogens is 3. The van der Waals surface area contributed by atoms with Crippen molar-refractivity contribution in [1.82, 2.24) is 19.9 Å². The summed E-state index contributed by atoms with van der Waals surface area (Å²) >= 11 is 1.66. The van der Waals surface area contributed by atoms with Crippen LogP contribution in [0.25, 0.3) is 11.0 Å². The van der Waals surface area contributed by atoms with Crippen molar-refractivity contribution in [2.75, 3.05) is 6.54 Å². The molecule has 0 aliphatic rings. The number of carbonyl (C=O) groups is 1. The molecule has 3 aromatic rings. The molecule has 0 fully saturated rings. The lowest BCUT2D eigenvalue weighted by atomic mass is 10.3. The van der Waals surface area contributed by atoms with Gasteiger partial charge in [0.2, 0.25) is 5.91 Å². The third-order valence-corrected chi connectivity index (χ3v) is 4.12. The zero-order chi connectivity index (χ0) is 15.4. The van der Waals surface area contributed by atoms with Crippen molar-refractivity contribution in [2.45, 2.75) is 13.0 Å². The Morgan fingerprint density at radius 3 is 3.00 bits per heavy atom. The van der Waals surface area contributed by atoms with Crippen LogP contribution in [0.15, 0.2) is 47.0 Å². The van der Waals surface area contributed by atoms with Crippen molar-refractivity contribution < 1.29 is 4.79 Å². The van der Waals surface area contributed by atoms with E-state index in [2.05, 4.69) is 15.3 Å². The van der Waals surface area contributed by atoms with Gasteiger partial charge in [-0.1, -0.05) is 6.07 Å². The van der Waals surface area contributed by atoms with Gasteiger partial charge in [-0.05, 0) is 30.0 Å². The summed E-state index contributed by atoms with van der Waals surface area (Å²) in [5.41, 5.74) is 0.133. The number of hydrogen-bond donors (Lipinski definition) is 1. The second-order valence-electron chi connectivity index (χ2n) is 4.73. The van der Waals surface area contributed by atoms with Crippen molar-refractivity contribution in [3.8, 4) is 0 Å². The first-order valence-electron chi connectivity index (χ1n) is 6.83. The summed E-state index contributed by atoms with van der Waals surface area (Å²) in [5.74, 6) is -0.205. The predicted octanol–water partition coefficient (Wildman–Crippen LogP) is 1.21. The monoisotopic (exact) mass is 314 g/mol. The molecule has 0 saturated carbocycles. The third kappa shape index (κ3) is 3.20.